The number of aryl methyl sites for hydroxylation is 3. The molecule has 0 unspecified atom stereocenters. The van der Waals surface area contributed by atoms with E-state index in [9.17, 15) is 0 Å². The molecule has 0 atom stereocenters. The summed E-state index contributed by atoms with van der Waals surface area (Å²) in [6, 6.07) is 6.49. The van der Waals surface area contributed by atoms with Gasteiger partial charge in [-0.25, -0.2) is 4.98 Å². The Labute approximate surface area is 96.7 Å². The second kappa shape index (κ2) is 4.52. The minimum atomic E-state index is 1.09. The second-order valence-electron chi connectivity index (χ2n) is 3.84. The summed E-state index contributed by atoms with van der Waals surface area (Å²) in [6.45, 7) is 6.16. The third kappa shape index (κ3) is 1.64. The minimum absolute atomic E-state index is 1.09. The predicted octanol–water partition coefficient (Wildman–Crippen LogP) is 3.51. The van der Waals surface area contributed by atoms with Crippen LogP contribution in [0.2, 0.25) is 0 Å². The molecule has 0 radical (unpaired) electrons. The molecule has 16 heavy (non-hydrogen) atoms. The topological polar surface area (TPSA) is 28.7 Å². The Balaban J connectivity index is 0.000000457. The van der Waals surface area contributed by atoms with Gasteiger partial charge in [-0.2, -0.15) is 0 Å². The molecule has 1 aliphatic rings. The highest BCUT2D eigenvalue weighted by molar-refractivity contribution is 5.71. The van der Waals surface area contributed by atoms with E-state index < -0.39 is 0 Å². The zero-order valence-corrected chi connectivity index (χ0v) is 10.2. The fourth-order valence-electron chi connectivity index (χ4n) is 2.26. The lowest BCUT2D eigenvalue weighted by molar-refractivity contribution is 0.906. The molecule has 2 aromatic rings. The molecule has 1 heterocycles. The first kappa shape index (κ1) is 10.9. The highest BCUT2D eigenvalue weighted by Crippen LogP contribution is 2.33. The van der Waals surface area contributed by atoms with E-state index in [1.807, 2.05) is 13.8 Å². The molecule has 1 N–H and O–H groups in total. The molecule has 2 heteroatoms. The molecule has 0 saturated heterocycles. The SMILES string of the molecule is CC.Cc1cccc2c1-c1nc[nH]c1CC2. The summed E-state index contributed by atoms with van der Waals surface area (Å²) in [4.78, 5) is 7.62. The molecule has 84 valence electrons. The van der Waals surface area contributed by atoms with E-state index in [1.54, 1.807) is 6.33 Å². The average Bonchev–Trinajstić information content (AvgIpc) is 2.80. The van der Waals surface area contributed by atoms with Crippen molar-refractivity contribution in [2.24, 2.45) is 0 Å². The van der Waals surface area contributed by atoms with Crippen molar-refractivity contribution in [3.05, 3.63) is 41.3 Å². The molecule has 0 amide bonds. The van der Waals surface area contributed by atoms with Crippen LogP contribution in [-0.4, -0.2) is 9.97 Å². The maximum atomic E-state index is 4.40. The fourth-order valence-corrected chi connectivity index (χ4v) is 2.26. The smallest absolute Gasteiger partial charge is 0.0929 e. The van der Waals surface area contributed by atoms with Gasteiger partial charge in [-0.1, -0.05) is 32.0 Å². The maximum Gasteiger partial charge on any atom is 0.0929 e. The lowest BCUT2D eigenvalue weighted by atomic mass is 9.89. The third-order valence-electron chi connectivity index (χ3n) is 2.96. The summed E-state index contributed by atoms with van der Waals surface area (Å²) in [5.74, 6) is 0. The summed E-state index contributed by atoms with van der Waals surface area (Å²) >= 11 is 0. The highest BCUT2D eigenvalue weighted by Gasteiger charge is 2.19. The Hall–Kier alpha value is -1.57. The van der Waals surface area contributed by atoms with Crippen LogP contribution in [0.25, 0.3) is 11.3 Å². The molecular formula is C14H18N2. The van der Waals surface area contributed by atoms with Crippen LogP contribution < -0.4 is 0 Å². The normalized spacial score (nSPS) is 12.2. The van der Waals surface area contributed by atoms with E-state index in [2.05, 4.69) is 35.1 Å². The van der Waals surface area contributed by atoms with Crippen LogP contribution in [0.5, 0.6) is 0 Å². The summed E-state index contributed by atoms with van der Waals surface area (Å²) < 4.78 is 0. The van der Waals surface area contributed by atoms with Gasteiger partial charge in [0.15, 0.2) is 0 Å². The molecular weight excluding hydrogens is 196 g/mol. The molecule has 0 fully saturated rings. The quantitative estimate of drug-likeness (QED) is 0.714. The standard InChI is InChI=1S/C12H12N2.C2H6/c1-8-3-2-4-9-5-6-10-12(11(8)9)14-7-13-10;1-2/h2-4,7H,5-6H2,1H3,(H,13,14);1-2H3. The van der Waals surface area contributed by atoms with Gasteiger partial charge in [-0.15, -0.1) is 0 Å². The van der Waals surface area contributed by atoms with Crippen LogP contribution in [0, 0.1) is 6.92 Å². The molecule has 0 bridgehead atoms. The van der Waals surface area contributed by atoms with Gasteiger partial charge in [-0.3, -0.25) is 0 Å². The van der Waals surface area contributed by atoms with E-state index in [0.717, 1.165) is 18.5 Å². The number of imidazole rings is 1. The van der Waals surface area contributed by atoms with Gasteiger partial charge in [0.05, 0.1) is 12.0 Å². The van der Waals surface area contributed by atoms with Crippen LogP contribution in [0.1, 0.15) is 30.7 Å². The van der Waals surface area contributed by atoms with E-state index in [0.29, 0.717) is 0 Å². The average molecular weight is 214 g/mol. The Morgan fingerprint density at radius 2 is 2.00 bits per heavy atom. The van der Waals surface area contributed by atoms with E-state index in [4.69, 9.17) is 0 Å². The van der Waals surface area contributed by atoms with Crippen LogP contribution in [-0.2, 0) is 12.8 Å². The van der Waals surface area contributed by atoms with Crippen molar-refractivity contribution >= 4 is 0 Å². The summed E-state index contributed by atoms with van der Waals surface area (Å²) in [6.07, 6.45) is 4.02. The molecule has 1 aromatic carbocycles. The van der Waals surface area contributed by atoms with Gasteiger partial charge in [-0.05, 0) is 30.9 Å². The number of hydrogen-bond donors (Lipinski definition) is 1. The monoisotopic (exact) mass is 214 g/mol. The molecule has 0 spiro atoms. The largest absolute Gasteiger partial charge is 0.348 e. The Kier molecular flexibility index (Phi) is 3.09. The zero-order valence-electron chi connectivity index (χ0n) is 10.2. The third-order valence-corrected chi connectivity index (χ3v) is 2.96. The molecule has 1 aromatic heterocycles. The Morgan fingerprint density at radius 1 is 1.19 bits per heavy atom. The molecule has 2 nitrogen and oxygen atoms in total. The number of nitrogens with zero attached hydrogens (tertiary/aromatic N) is 1. The summed E-state index contributed by atoms with van der Waals surface area (Å²) in [7, 11) is 0. The first-order chi connectivity index (χ1) is 7.86. The van der Waals surface area contributed by atoms with Crippen molar-refractivity contribution < 1.29 is 0 Å². The number of rotatable bonds is 0. The minimum Gasteiger partial charge on any atom is -0.348 e. The lowest BCUT2D eigenvalue weighted by Crippen LogP contribution is -2.04. The Bertz CT molecular complexity index is 483. The van der Waals surface area contributed by atoms with Crippen LogP contribution in [0.4, 0.5) is 0 Å². The van der Waals surface area contributed by atoms with Gasteiger partial charge >= 0.3 is 0 Å². The number of fused-ring (bicyclic) bond motifs is 3. The predicted molar refractivity (Wildman–Crippen MR) is 67.5 cm³/mol. The van der Waals surface area contributed by atoms with Crippen molar-refractivity contribution in [3.63, 3.8) is 0 Å². The number of aromatic amines is 1. The number of aromatic nitrogens is 2. The number of H-pyrrole nitrogens is 1. The van der Waals surface area contributed by atoms with Gasteiger partial charge in [0, 0.05) is 11.3 Å². The van der Waals surface area contributed by atoms with E-state index in [1.165, 1.54) is 22.4 Å². The number of benzene rings is 1. The summed E-state index contributed by atoms with van der Waals surface area (Å²) in [5.41, 5.74) is 6.55. The van der Waals surface area contributed by atoms with Crippen molar-refractivity contribution in [2.75, 3.05) is 0 Å². The van der Waals surface area contributed by atoms with Crippen molar-refractivity contribution in [1.82, 2.24) is 9.97 Å². The van der Waals surface area contributed by atoms with Gasteiger partial charge in [0.25, 0.3) is 0 Å². The number of hydrogen-bond acceptors (Lipinski definition) is 1. The van der Waals surface area contributed by atoms with Crippen LogP contribution in [0.15, 0.2) is 24.5 Å². The lowest BCUT2D eigenvalue weighted by Gasteiger charge is -2.16. The maximum absolute atomic E-state index is 4.40. The first-order valence-electron chi connectivity index (χ1n) is 5.97. The summed E-state index contributed by atoms with van der Waals surface area (Å²) in [5, 5.41) is 0. The van der Waals surface area contributed by atoms with Gasteiger partial charge in [0.1, 0.15) is 0 Å². The van der Waals surface area contributed by atoms with Gasteiger partial charge in [0.2, 0.25) is 0 Å². The van der Waals surface area contributed by atoms with Crippen LogP contribution in [0.3, 0.4) is 0 Å². The van der Waals surface area contributed by atoms with Gasteiger partial charge < -0.3 is 4.98 Å². The zero-order chi connectivity index (χ0) is 11.5. The van der Waals surface area contributed by atoms with Crippen molar-refractivity contribution in [1.29, 1.82) is 0 Å². The molecule has 3 rings (SSSR count). The Morgan fingerprint density at radius 3 is 2.81 bits per heavy atom. The molecule has 1 aliphatic carbocycles. The number of nitrogens with one attached hydrogen (secondary N) is 1. The van der Waals surface area contributed by atoms with E-state index >= 15 is 0 Å². The highest BCUT2D eigenvalue weighted by atomic mass is 14.9. The van der Waals surface area contributed by atoms with Crippen LogP contribution >= 0.6 is 0 Å². The molecule has 0 aliphatic heterocycles. The van der Waals surface area contributed by atoms with Crippen molar-refractivity contribution in [3.8, 4) is 11.3 Å². The second-order valence-corrected chi connectivity index (χ2v) is 3.84. The molecule has 0 saturated carbocycles. The first-order valence-corrected chi connectivity index (χ1v) is 5.97. The fraction of sp³-hybridized carbons (Fsp3) is 0.357. The van der Waals surface area contributed by atoms with E-state index in [-0.39, 0.29) is 0 Å². The van der Waals surface area contributed by atoms with Crippen molar-refractivity contribution in [2.45, 2.75) is 33.6 Å².